The number of aryl methyl sites for hydroxylation is 1. The topological polar surface area (TPSA) is 73.4 Å². The molecule has 116 valence electrons. The van der Waals surface area contributed by atoms with Gasteiger partial charge in [-0.2, -0.15) is 0 Å². The molecule has 0 saturated carbocycles. The Balaban J connectivity index is 1.87. The van der Waals surface area contributed by atoms with Crippen LogP contribution in [0.5, 0.6) is 0 Å². The third-order valence-electron chi connectivity index (χ3n) is 4.75. The maximum atomic E-state index is 12.6. The lowest BCUT2D eigenvalue weighted by Crippen LogP contribution is -2.51. The largest absolute Gasteiger partial charge is 0.480 e. The number of amides is 1. The molecule has 1 fully saturated rings. The third kappa shape index (κ3) is 2.17. The number of para-hydroxylation sites is 1. The van der Waals surface area contributed by atoms with E-state index in [1.165, 1.54) is 4.90 Å². The summed E-state index contributed by atoms with van der Waals surface area (Å²) in [4.78, 5) is 28.8. The Kier molecular flexibility index (Phi) is 3.43. The first-order valence-electron chi connectivity index (χ1n) is 7.53. The molecule has 1 amide bonds. The second kappa shape index (κ2) is 5.16. The molecule has 1 aromatic carbocycles. The van der Waals surface area contributed by atoms with Crippen LogP contribution in [0.3, 0.4) is 0 Å². The van der Waals surface area contributed by atoms with E-state index in [4.69, 9.17) is 0 Å². The molecule has 1 unspecified atom stereocenters. The number of likely N-dealkylation sites (tertiary alicyclic amines) is 1. The van der Waals surface area contributed by atoms with Gasteiger partial charge in [-0.1, -0.05) is 18.2 Å². The van der Waals surface area contributed by atoms with Gasteiger partial charge in [0.15, 0.2) is 0 Å². The number of carbonyl (C=O) groups is 2. The first kappa shape index (κ1) is 14.6. The molecule has 3 rings (SSSR count). The molecule has 2 aromatic rings. The van der Waals surface area contributed by atoms with Gasteiger partial charge in [-0.25, -0.2) is 4.79 Å². The Morgan fingerprint density at radius 1 is 1.41 bits per heavy atom. The summed E-state index contributed by atoms with van der Waals surface area (Å²) >= 11 is 0. The lowest BCUT2D eigenvalue weighted by molar-refractivity contribution is -0.155. The van der Waals surface area contributed by atoms with Crippen molar-refractivity contribution in [1.82, 2.24) is 9.88 Å². The van der Waals surface area contributed by atoms with Crippen LogP contribution in [0, 0.1) is 6.92 Å². The standard InChI is InChI=1S/C17H20N2O3/c1-11-5-3-6-13-12(10-18-15(11)13)9-14(20)19-8-4-7-17(19,2)16(21)22/h3,5-6,10,18H,4,7-9H2,1-2H3,(H,21,22). The van der Waals surface area contributed by atoms with Crippen molar-refractivity contribution in [2.24, 2.45) is 0 Å². The van der Waals surface area contributed by atoms with E-state index in [0.29, 0.717) is 13.0 Å². The zero-order valence-electron chi connectivity index (χ0n) is 12.8. The van der Waals surface area contributed by atoms with Gasteiger partial charge in [0.25, 0.3) is 0 Å². The number of rotatable bonds is 3. The van der Waals surface area contributed by atoms with E-state index in [1.807, 2.05) is 31.3 Å². The summed E-state index contributed by atoms with van der Waals surface area (Å²) in [6.45, 7) is 4.18. The number of carboxylic acid groups (broad SMARTS) is 1. The number of carbonyl (C=O) groups excluding carboxylic acids is 1. The van der Waals surface area contributed by atoms with Crippen LogP contribution in [0.15, 0.2) is 24.4 Å². The highest BCUT2D eigenvalue weighted by Crippen LogP contribution is 2.30. The zero-order valence-corrected chi connectivity index (χ0v) is 12.8. The van der Waals surface area contributed by atoms with Crippen molar-refractivity contribution in [2.75, 3.05) is 6.54 Å². The van der Waals surface area contributed by atoms with Gasteiger partial charge in [0.1, 0.15) is 5.54 Å². The van der Waals surface area contributed by atoms with Crippen molar-refractivity contribution in [1.29, 1.82) is 0 Å². The summed E-state index contributed by atoms with van der Waals surface area (Å²) in [7, 11) is 0. The van der Waals surface area contributed by atoms with Crippen molar-refractivity contribution < 1.29 is 14.7 Å². The van der Waals surface area contributed by atoms with E-state index in [0.717, 1.165) is 28.5 Å². The zero-order chi connectivity index (χ0) is 15.9. The highest BCUT2D eigenvalue weighted by molar-refractivity contribution is 5.93. The molecule has 2 N–H and O–H groups in total. The van der Waals surface area contributed by atoms with E-state index in [2.05, 4.69) is 4.98 Å². The number of nitrogens with zero attached hydrogens (tertiary/aromatic N) is 1. The van der Waals surface area contributed by atoms with Gasteiger partial charge in [0, 0.05) is 23.6 Å². The monoisotopic (exact) mass is 300 g/mol. The minimum Gasteiger partial charge on any atom is -0.480 e. The number of hydrogen-bond acceptors (Lipinski definition) is 2. The van der Waals surface area contributed by atoms with Crippen LogP contribution in [0.25, 0.3) is 10.9 Å². The maximum Gasteiger partial charge on any atom is 0.329 e. The van der Waals surface area contributed by atoms with Crippen LogP contribution in [0.4, 0.5) is 0 Å². The van der Waals surface area contributed by atoms with Crippen LogP contribution < -0.4 is 0 Å². The summed E-state index contributed by atoms with van der Waals surface area (Å²) < 4.78 is 0. The van der Waals surface area contributed by atoms with Crippen molar-refractivity contribution in [3.63, 3.8) is 0 Å². The third-order valence-corrected chi connectivity index (χ3v) is 4.75. The van der Waals surface area contributed by atoms with Gasteiger partial charge in [0.2, 0.25) is 5.91 Å². The summed E-state index contributed by atoms with van der Waals surface area (Å²) in [6.07, 6.45) is 3.33. The average molecular weight is 300 g/mol. The number of aromatic amines is 1. The molecule has 1 aliphatic heterocycles. The van der Waals surface area contributed by atoms with E-state index < -0.39 is 11.5 Å². The molecular weight excluding hydrogens is 280 g/mol. The number of benzene rings is 1. The fraction of sp³-hybridized carbons (Fsp3) is 0.412. The Morgan fingerprint density at radius 3 is 2.91 bits per heavy atom. The lowest BCUT2D eigenvalue weighted by Gasteiger charge is -2.31. The predicted molar refractivity (Wildman–Crippen MR) is 83.7 cm³/mol. The van der Waals surface area contributed by atoms with Crippen LogP contribution in [0.1, 0.15) is 30.9 Å². The van der Waals surface area contributed by atoms with E-state index in [-0.39, 0.29) is 12.3 Å². The molecule has 1 aliphatic rings. The molecule has 1 saturated heterocycles. The highest BCUT2D eigenvalue weighted by atomic mass is 16.4. The summed E-state index contributed by atoms with van der Waals surface area (Å²) in [5.74, 6) is -1.04. The summed E-state index contributed by atoms with van der Waals surface area (Å²) in [6, 6.07) is 5.98. The van der Waals surface area contributed by atoms with Crippen LogP contribution >= 0.6 is 0 Å². The molecule has 0 spiro atoms. The molecule has 0 bridgehead atoms. The fourth-order valence-corrected chi connectivity index (χ4v) is 3.35. The van der Waals surface area contributed by atoms with E-state index in [9.17, 15) is 14.7 Å². The van der Waals surface area contributed by atoms with Gasteiger partial charge in [0.05, 0.1) is 6.42 Å². The lowest BCUT2D eigenvalue weighted by atomic mass is 9.98. The van der Waals surface area contributed by atoms with Gasteiger partial charge >= 0.3 is 5.97 Å². The molecule has 5 nitrogen and oxygen atoms in total. The minimum absolute atomic E-state index is 0.121. The Bertz CT molecular complexity index is 749. The smallest absolute Gasteiger partial charge is 0.329 e. The maximum absolute atomic E-state index is 12.6. The van der Waals surface area contributed by atoms with Crippen molar-refractivity contribution in [2.45, 2.75) is 38.6 Å². The molecule has 5 heteroatoms. The quantitative estimate of drug-likeness (QED) is 0.914. The molecule has 0 radical (unpaired) electrons. The molecule has 0 aliphatic carbocycles. The van der Waals surface area contributed by atoms with Gasteiger partial charge in [-0.3, -0.25) is 4.79 Å². The Hall–Kier alpha value is -2.30. The molecule has 22 heavy (non-hydrogen) atoms. The molecule has 2 heterocycles. The van der Waals surface area contributed by atoms with Crippen LogP contribution in [-0.4, -0.2) is 39.0 Å². The minimum atomic E-state index is -1.07. The van der Waals surface area contributed by atoms with Crippen LogP contribution in [-0.2, 0) is 16.0 Å². The summed E-state index contributed by atoms with van der Waals surface area (Å²) in [5, 5.41) is 10.5. The first-order chi connectivity index (χ1) is 10.4. The second-order valence-electron chi connectivity index (χ2n) is 6.22. The van der Waals surface area contributed by atoms with Crippen molar-refractivity contribution in [3.05, 3.63) is 35.5 Å². The fourth-order valence-electron chi connectivity index (χ4n) is 3.35. The number of hydrogen-bond donors (Lipinski definition) is 2. The highest BCUT2D eigenvalue weighted by Gasteiger charge is 2.45. The van der Waals surface area contributed by atoms with Gasteiger partial charge in [-0.15, -0.1) is 0 Å². The Labute approximate surface area is 128 Å². The Morgan fingerprint density at radius 2 is 2.18 bits per heavy atom. The number of aromatic nitrogens is 1. The van der Waals surface area contributed by atoms with E-state index >= 15 is 0 Å². The number of fused-ring (bicyclic) bond motifs is 1. The molecule has 1 aromatic heterocycles. The van der Waals surface area contributed by atoms with Crippen molar-refractivity contribution in [3.8, 4) is 0 Å². The first-order valence-corrected chi connectivity index (χ1v) is 7.53. The van der Waals surface area contributed by atoms with Crippen molar-refractivity contribution >= 4 is 22.8 Å². The number of nitrogens with one attached hydrogen (secondary N) is 1. The number of carboxylic acids is 1. The van der Waals surface area contributed by atoms with Gasteiger partial charge < -0.3 is 15.0 Å². The normalized spacial score (nSPS) is 21.5. The summed E-state index contributed by atoms with van der Waals surface area (Å²) in [5.41, 5.74) is 2.02. The van der Waals surface area contributed by atoms with E-state index in [1.54, 1.807) is 6.92 Å². The average Bonchev–Trinajstić information content (AvgIpc) is 3.05. The second-order valence-corrected chi connectivity index (χ2v) is 6.22. The predicted octanol–water partition coefficient (Wildman–Crippen LogP) is 2.48. The molecule has 1 atom stereocenters. The number of H-pyrrole nitrogens is 1. The molecular formula is C17H20N2O3. The number of aliphatic carboxylic acids is 1. The van der Waals surface area contributed by atoms with Crippen LogP contribution in [0.2, 0.25) is 0 Å². The van der Waals surface area contributed by atoms with Gasteiger partial charge in [-0.05, 0) is 37.8 Å². The SMILES string of the molecule is Cc1cccc2c(CC(=O)N3CCCC3(C)C(=O)O)c[nH]c12.